The minimum atomic E-state index is 0.719. The highest BCUT2D eigenvalue weighted by atomic mass is 16.1. The Bertz CT molecular complexity index is 480. The van der Waals surface area contributed by atoms with Crippen LogP contribution in [0, 0.1) is 0 Å². The molecule has 0 amide bonds. The van der Waals surface area contributed by atoms with E-state index in [0.29, 0.717) is 0 Å². The molecule has 86 valence electrons. The first kappa shape index (κ1) is 11.6. The fourth-order valence-corrected chi connectivity index (χ4v) is 1.91. The average Bonchev–Trinajstić information content (AvgIpc) is 2.40. The summed E-state index contributed by atoms with van der Waals surface area (Å²) in [5.74, 6) is 0. The van der Waals surface area contributed by atoms with E-state index in [1.807, 2.05) is 24.3 Å². The Balaban J connectivity index is 2.23. The Morgan fingerprint density at radius 3 is 1.88 bits per heavy atom. The molecule has 0 aliphatic rings. The number of aryl methyl sites for hydroxylation is 1. The SMILES string of the molecule is CCCc1ccc(-c2ccc(C=O)cc2)cc1. The van der Waals surface area contributed by atoms with Crippen LogP contribution in [0.1, 0.15) is 29.3 Å². The molecule has 0 saturated heterocycles. The van der Waals surface area contributed by atoms with Crippen molar-refractivity contribution in [3.8, 4) is 11.1 Å². The van der Waals surface area contributed by atoms with E-state index in [-0.39, 0.29) is 0 Å². The molecule has 0 unspecified atom stereocenters. The normalized spacial score (nSPS) is 10.2. The van der Waals surface area contributed by atoms with Gasteiger partial charge >= 0.3 is 0 Å². The zero-order valence-electron chi connectivity index (χ0n) is 10.0. The summed E-state index contributed by atoms with van der Waals surface area (Å²) in [7, 11) is 0. The van der Waals surface area contributed by atoms with Crippen LogP contribution in [0.3, 0.4) is 0 Å². The van der Waals surface area contributed by atoms with Gasteiger partial charge in [-0.1, -0.05) is 61.9 Å². The summed E-state index contributed by atoms with van der Waals surface area (Å²) in [5, 5.41) is 0. The van der Waals surface area contributed by atoms with Crippen LogP contribution < -0.4 is 0 Å². The molecule has 0 N–H and O–H groups in total. The minimum absolute atomic E-state index is 0.719. The smallest absolute Gasteiger partial charge is 0.150 e. The van der Waals surface area contributed by atoms with E-state index in [9.17, 15) is 4.79 Å². The van der Waals surface area contributed by atoms with Crippen molar-refractivity contribution >= 4 is 6.29 Å². The lowest BCUT2D eigenvalue weighted by atomic mass is 10.0. The molecule has 0 atom stereocenters. The standard InChI is InChI=1S/C16H16O/c1-2-3-13-4-8-15(9-5-13)16-10-6-14(12-17)7-11-16/h4-12H,2-3H2,1H3. The first-order valence-electron chi connectivity index (χ1n) is 5.98. The molecule has 17 heavy (non-hydrogen) atoms. The molecule has 0 aliphatic heterocycles. The molecule has 1 heteroatoms. The molecule has 0 aliphatic carbocycles. The van der Waals surface area contributed by atoms with Crippen molar-refractivity contribution in [2.75, 3.05) is 0 Å². The van der Waals surface area contributed by atoms with Crippen molar-refractivity contribution in [1.29, 1.82) is 0 Å². The van der Waals surface area contributed by atoms with Gasteiger partial charge in [-0.2, -0.15) is 0 Å². The van der Waals surface area contributed by atoms with Crippen LogP contribution in [0.4, 0.5) is 0 Å². The van der Waals surface area contributed by atoms with E-state index in [4.69, 9.17) is 0 Å². The highest BCUT2D eigenvalue weighted by Gasteiger charge is 1.98. The Morgan fingerprint density at radius 1 is 0.882 bits per heavy atom. The van der Waals surface area contributed by atoms with Crippen molar-refractivity contribution in [2.24, 2.45) is 0 Å². The number of benzene rings is 2. The van der Waals surface area contributed by atoms with Gasteiger partial charge in [0.05, 0.1) is 0 Å². The number of hydrogen-bond acceptors (Lipinski definition) is 1. The zero-order chi connectivity index (χ0) is 12.1. The van der Waals surface area contributed by atoms with Crippen molar-refractivity contribution in [2.45, 2.75) is 19.8 Å². The van der Waals surface area contributed by atoms with E-state index < -0.39 is 0 Å². The van der Waals surface area contributed by atoms with Gasteiger partial charge < -0.3 is 0 Å². The summed E-state index contributed by atoms with van der Waals surface area (Å²) >= 11 is 0. The number of carbonyl (C=O) groups excluding carboxylic acids is 1. The van der Waals surface area contributed by atoms with Crippen LogP contribution in [-0.4, -0.2) is 6.29 Å². The third-order valence-electron chi connectivity index (χ3n) is 2.87. The molecule has 2 aromatic carbocycles. The maximum absolute atomic E-state index is 10.6. The van der Waals surface area contributed by atoms with Crippen molar-refractivity contribution in [3.63, 3.8) is 0 Å². The highest BCUT2D eigenvalue weighted by Crippen LogP contribution is 2.20. The molecule has 0 bridgehead atoms. The lowest BCUT2D eigenvalue weighted by molar-refractivity contribution is 0.112. The minimum Gasteiger partial charge on any atom is -0.298 e. The summed E-state index contributed by atoms with van der Waals surface area (Å²) in [4.78, 5) is 10.6. The van der Waals surface area contributed by atoms with Crippen molar-refractivity contribution in [3.05, 3.63) is 59.7 Å². The van der Waals surface area contributed by atoms with Gasteiger partial charge in [-0.05, 0) is 23.1 Å². The Labute approximate surface area is 102 Å². The quantitative estimate of drug-likeness (QED) is 0.714. The van der Waals surface area contributed by atoms with Crippen LogP contribution in [-0.2, 0) is 6.42 Å². The molecular formula is C16H16O. The molecule has 0 heterocycles. The predicted octanol–water partition coefficient (Wildman–Crippen LogP) is 4.12. The van der Waals surface area contributed by atoms with Gasteiger partial charge in [-0.3, -0.25) is 4.79 Å². The Hall–Kier alpha value is -1.89. The second kappa shape index (κ2) is 5.44. The molecule has 0 radical (unpaired) electrons. The van der Waals surface area contributed by atoms with Gasteiger partial charge in [0.1, 0.15) is 6.29 Å². The second-order valence-electron chi connectivity index (χ2n) is 4.19. The van der Waals surface area contributed by atoms with E-state index in [0.717, 1.165) is 23.8 Å². The summed E-state index contributed by atoms with van der Waals surface area (Å²) in [6.45, 7) is 2.19. The van der Waals surface area contributed by atoms with Crippen LogP contribution in [0.15, 0.2) is 48.5 Å². The molecule has 1 nitrogen and oxygen atoms in total. The Morgan fingerprint density at radius 2 is 1.41 bits per heavy atom. The maximum atomic E-state index is 10.6. The summed E-state index contributed by atoms with van der Waals surface area (Å²) in [6, 6.07) is 16.3. The number of aldehydes is 1. The molecule has 0 fully saturated rings. The van der Waals surface area contributed by atoms with Gasteiger partial charge in [0.2, 0.25) is 0 Å². The predicted molar refractivity (Wildman–Crippen MR) is 71.3 cm³/mol. The largest absolute Gasteiger partial charge is 0.298 e. The van der Waals surface area contributed by atoms with E-state index in [1.165, 1.54) is 17.5 Å². The summed E-state index contributed by atoms with van der Waals surface area (Å²) in [6.07, 6.45) is 3.17. The van der Waals surface area contributed by atoms with Crippen LogP contribution in [0.25, 0.3) is 11.1 Å². The Kier molecular flexibility index (Phi) is 3.71. The zero-order valence-corrected chi connectivity index (χ0v) is 10.0. The summed E-state index contributed by atoms with van der Waals surface area (Å²) < 4.78 is 0. The molecule has 0 spiro atoms. The fourth-order valence-electron chi connectivity index (χ4n) is 1.91. The van der Waals surface area contributed by atoms with Gasteiger partial charge in [-0.15, -0.1) is 0 Å². The topological polar surface area (TPSA) is 17.1 Å². The molecular weight excluding hydrogens is 208 g/mol. The summed E-state index contributed by atoms with van der Waals surface area (Å²) in [5.41, 5.74) is 4.44. The monoisotopic (exact) mass is 224 g/mol. The van der Waals surface area contributed by atoms with Crippen molar-refractivity contribution < 1.29 is 4.79 Å². The van der Waals surface area contributed by atoms with Gasteiger partial charge in [0, 0.05) is 5.56 Å². The van der Waals surface area contributed by atoms with E-state index >= 15 is 0 Å². The lowest BCUT2D eigenvalue weighted by Crippen LogP contribution is -1.84. The van der Waals surface area contributed by atoms with Gasteiger partial charge in [0.25, 0.3) is 0 Å². The van der Waals surface area contributed by atoms with Crippen LogP contribution >= 0.6 is 0 Å². The van der Waals surface area contributed by atoms with Gasteiger partial charge in [0.15, 0.2) is 0 Å². The van der Waals surface area contributed by atoms with Crippen LogP contribution in [0.2, 0.25) is 0 Å². The average molecular weight is 224 g/mol. The van der Waals surface area contributed by atoms with Crippen molar-refractivity contribution in [1.82, 2.24) is 0 Å². The van der Waals surface area contributed by atoms with E-state index in [2.05, 4.69) is 31.2 Å². The van der Waals surface area contributed by atoms with Crippen LogP contribution in [0.5, 0.6) is 0 Å². The molecule has 2 aromatic rings. The second-order valence-corrected chi connectivity index (χ2v) is 4.19. The highest BCUT2D eigenvalue weighted by molar-refractivity contribution is 5.76. The third-order valence-corrected chi connectivity index (χ3v) is 2.87. The lowest BCUT2D eigenvalue weighted by Gasteiger charge is -2.04. The van der Waals surface area contributed by atoms with Gasteiger partial charge in [-0.25, -0.2) is 0 Å². The number of carbonyl (C=O) groups is 1. The fraction of sp³-hybridized carbons (Fsp3) is 0.188. The molecule has 0 aromatic heterocycles. The number of hydrogen-bond donors (Lipinski definition) is 0. The third kappa shape index (κ3) is 2.82. The maximum Gasteiger partial charge on any atom is 0.150 e. The molecule has 0 saturated carbocycles. The van der Waals surface area contributed by atoms with E-state index in [1.54, 1.807) is 0 Å². The molecule has 2 rings (SSSR count). The first-order chi connectivity index (χ1) is 8.33. The first-order valence-corrected chi connectivity index (χ1v) is 5.98. The number of rotatable bonds is 4.